The summed E-state index contributed by atoms with van der Waals surface area (Å²) in [5.74, 6) is 0.448. The molecule has 1 aliphatic carbocycles. The predicted octanol–water partition coefficient (Wildman–Crippen LogP) is 2.84. The van der Waals surface area contributed by atoms with Gasteiger partial charge < -0.3 is 10.4 Å². The average Bonchev–Trinajstić information content (AvgIpc) is 3.10. The number of phenolic OH excluding ortho intramolecular Hbond substituents is 1. The molecule has 0 aromatic heterocycles. The zero-order chi connectivity index (χ0) is 13.2. The van der Waals surface area contributed by atoms with Crippen LogP contribution in [0, 0.1) is 12.3 Å². The average molecular weight is 268 g/mol. The second-order valence-electron chi connectivity index (χ2n) is 5.14. The van der Waals surface area contributed by atoms with E-state index in [4.69, 9.17) is 11.6 Å². The number of aryl methyl sites for hydroxylation is 1. The van der Waals surface area contributed by atoms with Gasteiger partial charge in [-0.15, -0.1) is 11.6 Å². The van der Waals surface area contributed by atoms with Crippen molar-refractivity contribution in [2.45, 2.75) is 26.2 Å². The van der Waals surface area contributed by atoms with Gasteiger partial charge in [0.15, 0.2) is 0 Å². The molecule has 4 heteroatoms. The molecule has 1 aromatic rings. The number of alkyl halides is 1. The maximum absolute atomic E-state index is 12.0. The van der Waals surface area contributed by atoms with Crippen molar-refractivity contribution in [2.24, 2.45) is 5.41 Å². The first-order chi connectivity index (χ1) is 8.56. The second kappa shape index (κ2) is 5.19. The molecule has 18 heavy (non-hydrogen) atoms. The molecule has 1 aliphatic rings. The molecule has 1 amide bonds. The number of hydrogen-bond donors (Lipinski definition) is 2. The lowest BCUT2D eigenvalue weighted by molar-refractivity contribution is 0.0941. The van der Waals surface area contributed by atoms with Gasteiger partial charge in [0.2, 0.25) is 0 Å². The zero-order valence-electron chi connectivity index (χ0n) is 10.5. The van der Waals surface area contributed by atoms with Crippen molar-refractivity contribution >= 4 is 17.5 Å². The Morgan fingerprint density at radius 2 is 2.22 bits per heavy atom. The Bertz CT molecular complexity index is 455. The van der Waals surface area contributed by atoms with Crippen molar-refractivity contribution in [3.63, 3.8) is 0 Å². The van der Waals surface area contributed by atoms with Gasteiger partial charge in [-0.2, -0.15) is 0 Å². The minimum absolute atomic E-state index is 0.0280. The van der Waals surface area contributed by atoms with Gasteiger partial charge in [-0.3, -0.25) is 4.79 Å². The molecule has 0 radical (unpaired) electrons. The normalized spacial score (nSPS) is 16.3. The van der Waals surface area contributed by atoms with Crippen LogP contribution in [0.3, 0.4) is 0 Å². The minimum Gasteiger partial charge on any atom is -0.507 e. The van der Waals surface area contributed by atoms with Crippen molar-refractivity contribution in [1.29, 1.82) is 0 Å². The standard InChI is InChI=1S/C14H18ClNO2/c1-10-2-3-12(17)11(8-10)13(18)16-9-14(4-5-14)6-7-15/h2-3,8,17H,4-7,9H2,1H3,(H,16,18). The van der Waals surface area contributed by atoms with E-state index in [1.54, 1.807) is 18.2 Å². The highest BCUT2D eigenvalue weighted by atomic mass is 35.5. The molecule has 2 rings (SSSR count). The van der Waals surface area contributed by atoms with Gasteiger partial charge in [0.25, 0.3) is 5.91 Å². The number of benzene rings is 1. The lowest BCUT2D eigenvalue weighted by atomic mass is 10.0. The quantitative estimate of drug-likeness (QED) is 0.806. The lowest BCUT2D eigenvalue weighted by Gasteiger charge is -2.15. The molecule has 98 valence electrons. The molecular formula is C14H18ClNO2. The molecule has 0 bridgehead atoms. The number of phenols is 1. The van der Waals surface area contributed by atoms with E-state index in [0.717, 1.165) is 24.8 Å². The van der Waals surface area contributed by atoms with Crippen LogP contribution in [-0.4, -0.2) is 23.4 Å². The van der Waals surface area contributed by atoms with Crippen LogP contribution in [0.5, 0.6) is 5.75 Å². The van der Waals surface area contributed by atoms with E-state index in [-0.39, 0.29) is 17.1 Å². The fourth-order valence-electron chi connectivity index (χ4n) is 2.09. The van der Waals surface area contributed by atoms with Gasteiger partial charge in [-0.05, 0) is 43.7 Å². The first-order valence-corrected chi connectivity index (χ1v) is 6.74. The van der Waals surface area contributed by atoms with Crippen molar-refractivity contribution in [3.05, 3.63) is 29.3 Å². The van der Waals surface area contributed by atoms with Crippen molar-refractivity contribution in [2.75, 3.05) is 12.4 Å². The molecule has 1 fully saturated rings. The van der Waals surface area contributed by atoms with Gasteiger partial charge in [0.05, 0.1) is 5.56 Å². The van der Waals surface area contributed by atoms with Gasteiger partial charge >= 0.3 is 0 Å². The molecule has 0 spiro atoms. The molecule has 3 nitrogen and oxygen atoms in total. The maximum Gasteiger partial charge on any atom is 0.255 e. The molecule has 0 aliphatic heterocycles. The van der Waals surface area contributed by atoms with Crippen LogP contribution in [-0.2, 0) is 0 Å². The highest BCUT2D eigenvalue weighted by Gasteiger charge is 2.41. The topological polar surface area (TPSA) is 49.3 Å². The van der Waals surface area contributed by atoms with Crippen molar-refractivity contribution < 1.29 is 9.90 Å². The number of amides is 1. The summed E-state index contributed by atoms with van der Waals surface area (Å²) in [7, 11) is 0. The monoisotopic (exact) mass is 267 g/mol. The van der Waals surface area contributed by atoms with E-state index in [0.29, 0.717) is 18.0 Å². The molecule has 0 heterocycles. The summed E-state index contributed by atoms with van der Waals surface area (Å²) in [5.41, 5.74) is 1.51. The summed E-state index contributed by atoms with van der Waals surface area (Å²) in [6.07, 6.45) is 3.19. The Balaban J connectivity index is 1.98. The SMILES string of the molecule is Cc1ccc(O)c(C(=O)NCC2(CCCl)CC2)c1. The van der Waals surface area contributed by atoms with E-state index in [9.17, 15) is 9.90 Å². The van der Waals surface area contributed by atoms with E-state index in [2.05, 4.69) is 5.32 Å². The summed E-state index contributed by atoms with van der Waals surface area (Å²) in [6, 6.07) is 5.03. The van der Waals surface area contributed by atoms with Gasteiger partial charge in [-0.1, -0.05) is 11.6 Å². The fourth-order valence-corrected chi connectivity index (χ4v) is 2.49. The zero-order valence-corrected chi connectivity index (χ0v) is 11.3. The van der Waals surface area contributed by atoms with E-state index < -0.39 is 0 Å². The third kappa shape index (κ3) is 2.96. The molecular weight excluding hydrogens is 250 g/mol. The van der Waals surface area contributed by atoms with Gasteiger partial charge in [-0.25, -0.2) is 0 Å². The highest BCUT2D eigenvalue weighted by Crippen LogP contribution is 2.48. The summed E-state index contributed by atoms with van der Waals surface area (Å²) >= 11 is 5.75. The fraction of sp³-hybridized carbons (Fsp3) is 0.500. The van der Waals surface area contributed by atoms with E-state index >= 15 is 0 Å². The van der Waals surface area contributed by atoms with Crippen molar-refractivity contribution in [3.8, 4) is 5.75 Å². The van der Waals surface area contributed by atoms with Crippen LogP contribution in [0.2, 0.25) is 0 Å². The largest absolute Gasteiger partial charge is 0.507 e. The van der Waals surface area contributed by atoms with Crippen LogP contribution in [0.15, 0.2) is 18.2 Å². The Hall–Kier alpha value is -1.22. The Labute approximate surface area is 112 Å². The smallest absolute Gasteiger partial charge is 0.255 e. The van der Waals surface area contributed by atoms with Gasteiger partial charge in [0, 0.05) is 12.4 Å². The summed E-state index contributed by atoms with van der Waals surface area (Å²) in [5, 5.41) is 12.6. The van der Waals surface area contributed by atoms with E-state index in [1.807, 2.05) is 6.92 Å². The number of nitrogens with one attached hydrogen (secondary N) is 1. The summed E-state index contributed by atoms with van der Waals surface area (Å²) < 4.78 is 0. The summed E-state index contributed by atoms with van der Waals surface area (Å²) in [6.45, 7) is 2.54. The third-order valence-electron chi connectivity index (χ3n) is 3.60. The number of aromatic hydroxyl groups is 1. The van der Waals surface area contributed by atoms with Gasteiger partial charge in [0.1, 0.15) is 5.75 Å². The number of rotatable bonds is 5. The lowest BCUT2D eigenvalue weighted by Crippen LogP contribution is -2.30. The molecule has 0 unspecified atom stereocenters. The van der Waals surface area contributed by atoms with Crippen LogP contribution in [0.1, 0.15) is 35.2 Å². The molecule has 1 saturated carbocycles. The highest BCUT2D eigenvalue weighted by molar-refractivity contribution is 6.17. The van der Waals surface area contributed by atoms with Crippen molar-refractivity contribution in [1.82, 2.24) is 5.32 Å². The third-order valence-corrected chi connectivity index (χ3v) is 3.79. The van der Waals surface area contributed by atoms with Crippen LogP contribution < -0.4 is 5.32 Å². The number of carbonyl (C=O) groups is 1. The number of carbonyl (C=O) groups excluding carboxylic acids is 1. The van der Waals surface area contributed by atoms with Crippen LogP contribution >= 0.6 is 11.6 Å². The molecule has 0 saturated heterocycles. The Morgan fingerprint density at radius 1 is 1.50 bits per heavy atom. The van der Waals surface area contributed by atoms with E-state index in [1.165, 1.54) is 0 Å². The first-order valence-electron chi connectivity index (χ1n) is 6.20. The maximum atomic E-state index is 12.0. The minimum atomic E-state index is -0.211. The Kier molecular flexibility index (Phi) is 3.81. The van der Waals surface area contributed by atoms with Crippen LogP contribution in [0.25, 0.3) is 0 Å². The predicted molar refractivity (Wildman–Crippen MR) is 72.2 cm³/mol. The molecule has 2 N–H and O–H groups in total. The molecule has 0 atom stereocenters. The number of hydrogen-bond acceptors (Lipinski definition) is 2. The molecule has 1 aromatic carbocycles. The van der Waals surface area contributed by atoms with Crippen LogP contribution in [0.4, 0.5) is 0 Å². The first kappa shape index (κ1) is 13.2. The summed E-state index contributed by atoms with van der Waals surface area (Å²) in [4.78, 5) is 12.0. The Morgan fingerprint density at radius 3 is 2.83 bits per heavy atom. The number of halogens is 1. The second-order valence-corrected chi connectivity index (χ2v) is 5.52.